The van der Waals surface area contributed by atoms with Crippen LogP contribution < -0.4 is 5.32 Å². The van der Waals surface area contributed by atoms with E-state index in [0.29, 0.717) is 6.54 Å². The van der Waals surface area contributed by atoms with Crippen molar-refractivity contribution in [3.63, 3.8) is 0 Å². The fourth-order valence-electron chi connectivity index (χ4n) is 4.45. The number of carbonyl (C=O) groups is 2. The Morgan fingerprint density at radius 1 is 1.38 bits per heavy atom. The molecule has 1 saturated heterocycles. The van der Waals surface area contributed by atoms with Gasteiger partial charge in [0.15, 0.2) is 0 Å². The Kier molecular flexibility index (Phi) is 4.82. The number of nitrogens with one attached hydrogen (secondary N) is 1. The minimum Gasteiger partial charge on any atom is -0.351 e. The van der Waals surface area contributed by atoms with Gasteiger partial charge in [-0.05, 0) is 62.5 Å². The topological polar surface area (TPSA) is 52.7 Å². The van der Waals surface area contributed by atoms with E-state index in [1.807, 2.05) is 12.1 Å². The molecule has 5 nitrogen and oxygen atoms in total. The third kappa shape index (κ3) is 3.41. The number of likely N-dealkylation sites (N-methyl/N-ethyl adjacent to an activating group) is 1. The average molecular weight is 420 g/mol. The number of amides is 2. The van der Waals surface area contributed by atoms with E-state index in [-0.39, 0.29) is 29.8 Å². The second-order valence-electron chi connectivity index (χ2n) is 7.93. The SMILES string of the molecule is CCN1CCC[C@H](NC(=O)CN2CC3(CC3)c3cc(Br)ccc3C2=O)C1. The van der Waals surface area contributed by atoms with Gasteiger partial charge in [0.1, 0.15) is 0 Å². The number of nitrogens with zero attached hydrogens (tertiary/aromatic N) is 2. The zero-order valence-electron chi connectivity index (χ0n) is 15.3. The molecule has 2 amide bonds. The summed E-state index contributed by atoms with van der Waals surface area (Å²) in [4.78, 5) is 29.6. The molecule has 0 unspecified atom stereocenters. The molecule has 6 heteroatoms. The molecule has 2 aliphatic heterocycles. The standard InChI is InChI=1S/C20H26BrN3O2/c1-2-23-9-3-4-15(11-23)22-18(25)12-24-13-20(7-8-20)17-10-14(21)5-6-16(17)19(24)26/h5-6,10,15H,2-4,7-9,11-13H2,1H3,(H,22,25)/t15-/m0/s1. The minimum atomic E-state index is -0.0299. The fraction of sp³-hybridized carbons (Fsp3) is 0.600. The van der Waals surface area contributed by atoms with Crippen molar-refractivity contribution in [3.05, 3.63) is 33.8 Å². The molecule has 1 atom stereocenters. The zero-order valence-corrected chi connectivity index (χ0v) is 16.8. The molecule has 1 aliphatic carbocycles. The normalized spacial score (nSPS) is 24.5. The van der Waals surface area contributed by atoms with Gasteiger partial charge in [-0.15, -0.1) is 0 Å². The Morgan fingerprint density at radius 3 is 2.92 bits per heavy atom. The summed E-state index contributed by atoms with van der Waals surface area (Å²) in [7, 11) is 0. The van der Waals surface area contributed by atoms with Crippen molar-refractivity contribution in [1.29, 1.82) is 0 Å². The summed E-state index contributed by atoms with van der Waals surface area (Å²) in [5.41, 5.74) is 1.98. The highest BCUT2D eigenvalue weighted by Gasteiger charge is 2.51. The van der Waals surface area contributed by atoms with E-state index in [1.54, 1.807) is 4.90 Å². The number of piperidine rings is 1. The summed E-state index contributed by atoms with van der Waals surface area (Å²) in [6, 6.07) is 6.09. The maximum Gasteiger partial charge on any atom is 0.254 e. The number of halogens is 1. The number of hydrogen-bond acceptors (Lipinski definition) is 3. The molecule has 140 valence electrons. The summed E-state index contributed by atoms with van der Waals surface area (Å²) in [5, 5.41) is 3.15. The molecule has 0 bridgehead atoms. The van der Waals surface area contributed by atoms with Crippen LogP contribution in [0.15, 0.2) is 22.7 Å². The largest absolute Gasteiger partial charge is 0.351 e. The smallest absolute Gasteiger partial charge is 0.254 e. The lowest BCUT2D eigenvalue weighted by Crippen LogP contribution is -2.52. The first kappa shape index (κ1) is 18.0. The summed E-state index contributed by atoms with van der Waals surface area (Å²) in [6.45, 7) is 6.03. The Morgan fingerprint density at radius 2 is 2.19 bits per heavy atom. The van der Waals surface area contributed by atoms with Crippen LogP contribution in [-0.4, -0.2) is 60.4 Å². The molecule has 1 aromatic rings. The molecule has 1 spiro atoms. The molecule has 2 heterocycles. The number of likely N-dealkylation sites (tertiary alicyclic amines) is 1. The number of fused-ring (bicyclic) bond motifs is 2. The molecular weight excluding hydrogens is 394 g/mol. The van der Waals surface area contributed by atoms with E-state index in [4.69, 9.17) is 0 Å². The van der Waals surface area contributed by atoms with Gasteiger partial charge in [-0.25, -0.2) is 0 Å². The van der Waals surface area contributed by atoms with Gasteiger partial charge in [-0.1, -0.05) is 22.9 Å². The molecule has 26 heavy (non-hydrogen) atoms. The Hall–Kier alpha value is -1.40. The van der Waals surface area contributed by atoms with Crippen LogP contribution in [-0.2, 0) is 10.2 Å². The van der Waals surface area contributed by atoms with Gasteiger partial charge in [0.05, 0.1) is 6.54 Å². The molecule has 4 rings (SSSR count). The summed E-state index contributed by atoms with van der Waals surface area (Å²) in [6.07, 6.45) is 4.33. The molecular formula is C20H26BrN3O2. The van der Waals surface area contributed by atoms with Crippen LogP contribution in [0.3, 0.4) is 0 Å². The molecule has 3 aliphatic rings. The number of benzene rings is 1. The van der Waals surface area contributed by atoms with Gasteiger partial charge in [0.2, 0.25) is 5.91 Å². The van der Waals surface area contributed by atoms with Gasteiger partial charge in [0, 0.05) is 34.6 Å². The quantitative estimate of drug-likeness (QED) is 0.815. The minimum absolute atomic E-state index is 0.0148. The van der Waals surface area contributed by atoms with Gasteiger partial charge in [-0.2, -0.15) is 0 Å². The monoisotopic (exact) mass is 419 g/mol. The van der Waals surface area contributed by atoms with E-state index in [1.165, 1.54) is 0 Å². The highest BCUT2D eigenvalue weighted by atomic mass is 79.9. The predicted octanol–water partition coefficient (Wildman–Crippen LogP) is 2.54. The van der Waals surface area contributed by atoms with Gasteiger partial charge >= 0.3 is 0 Å². The highest BCUT2D eigenvalue weighted by molar-refractivity contribution is 9.10. The summed E-state index contributed by atoms with van der Waals surface area (Å²) >= 11 is 3.52. The first-order chi connectivity index (χ1) is 12.5. The second-order valence-corrected chi connectivity index (χ2v) is 8.85. The maximum atomic E-state index is 12.9. The third-order valence-electron chi connectivity index (χ3n) is 6.07. The molecule has 0 aromatic heterocycles. The molecule has 0 radical (unpaired) electrons. The lowest BCUT2D eigenvalue weighted by Gasteiger charge is -2.36. The van der Waals surface area contributed by atoms with Crippen molar-refractivity contribution in [3.8, 4) is 0 Å². The van der Waals surface area contributed by atoms with Gasteiger partial charge in [0.25, 0.3) is 5.91 Å². The van der Waals surface area contributed by atoms with E-state index in [0.717, 1.165) is 60.9 Å². The van der Waals surface area contributed by atoms with Crippen LogP contribution in [0, 0.1) is 0 Å². The number of carbonyl (C=O) groups excluding carboxylic acids is 2. The lowest BCUT2D eigenvalue weighted by molar-refractivity contribution is -0.123. The molecule has 1 aromatic carbocycles. The van der Waals surface area contributed by atoms with Crippen LogP contribution in [0.25, 0.3) is 0 Å². The van der Waals surface area contributed by atoms with Crippen LogP contribution in [0.1, 0.15) is 48.5 Å². The molecule has 1 N–H and O–H groups in total. The predicted molar refractivity (Wildman–Crippen MR) is 104 cm³/mol. The zero-order chi connectivity index (χ0) is 18.3. The fourth-order valence-corrected chi connectivity index (χ4v) is 4.81. The van der Waals surface area contributed by atoms with Crippen LogP contribution >= 0.6 is 15.9 Å². The molecule has 2 fully saturated rings. The summed E-state index contributed by atoms with van der Waals surface area (Å²) in [5.74, 6) is -0.0448. The Bertz CT molecular complexity index is 732. The van der Waals surface area contributed by atoms with E-state index in [2.05, 4.69) is 39.1 Å². The molecule has 1 saturated carbocycles. The maximum absolute atomic E-state index is 12.9. The number of rotatable bonds is 4. The first-order valence-corrected chi connectivity index (χ1v) is 10.4. The third-order valence-corrected chi connectivity index (χ3v) is 6.56. The van der Waals surface area contributed by atoms with Crippen molar-refractivity contribution in [2.75, 3.05) is 32.7 Å². The van der Waals surface area contributed by atoms with E-state index < -0.39 is 0 Å². The highest BCUT2D eigenvalue weighted by Crippen LogP contribution is 2.52. The summed E-state index contributed by atoms with van der Waals surface area (Å²) < 4.78 is 1.01. The van der Waals surface area contributed by atoms with Crippen LogP contribution in [0.2, 0.25) is 0 Å². The van der Waals surface area contributed by atoms with Crippen molar-refractivity contribution in [1.82, 2.24) is 15.1 Å². The van der Waals surface area contributed by atoms with Gasteiger partial charge in [-0.3, -0.25) is 9.59 Å². The Labute approximate surface area is 163 Å². The van der Waals surface area contributed by atoms with Gasteiger partial charge < -0.3 is 15.1 Å². The average Bonchev–Trinajstić information content (AvgIpc) is 3.40. The van der Waals surface area contributed by atoms with Crippen molar-refractivity contribution in [2.45, 2.75) is 44.1 Å². The first-order valence-electron chi connectivity index (χ1n) is 9.62. The lowest BCUT2D eigenvalue weighted by atomic mass is 9.86. The van der Waals surface area contributed by atoms with Crippen LogP contribution in [0.5, 0.6) is 0 Å². The number of hydrogen-bond donors (Lipinski definition) is 1. The van der Waals surface area contributed by atoms with Crippen molar-refractivity contribution in [2.24, 2.45) is 0 Å². The van der Waals surface area contributed by atoms with E-state index >= 15 is 0 Å². The Balaban J connectivity index is 1.43. The van der Waals surface area contributed by atoms with Crippen molar-refractivity contribution >= 4 is 27.7 Å². The second kappa shape index (κ2) is 6.97. The van der Waals surface area contributed by atoms with Crippen LogP contribution in [0.4, 0.5) is 0 Å². The van der Waals surface area contributed by atoms with E-state index in [9.17, 15) is 9.59 Å². The van der Waals surface area contributed by atoms with Crippen molar-refractivity contribution < 1.29 is 9.59 Å².